The minimum Gasteiger partial charge on any atom is -0.360 e. The molecular weight excluding hydrogens is 371 g/mol. The molecule has 0 unspecified atom stereocenters. The van der Waals surface area contributed by atoms with Gasteiger partial charge in [0.15, 0.2) is 0 Å². The average molecular weight is 398 g/mol. The molecule has 2 amide bonds. The number of rotatable bonds is 4. The van der Waals surface area contributed by atoms with Crippen molar-refractivity contribution in [1.82, 2.24) is 10.2 Å². The van der Waals surface area contributed by atoms with Gasteiger partial charge in [0.2, 0.25) is 11.8 Å². The molecule has 4 atom stereocenters. The number of nitrogens with zero attached hydrogens (tertiary/aromatic N) is 1. The second-order valence-electron chi connectivity index (χ2n) is 9.25. The van der Waals surface area contributed by atoms with Gasteiger partial charge in [-0.3, -0.25) is 9.59 Å². The van der Waals surface area contributed by atoms with Crippen LogP contribution in [-0.4, -0.2) is 41.0 Å². The third kappa shape index (κ3) is 2.68. The quantitative estimate of drug-likeness (QED) is 0.794. The number of carbonyl (C=O) groups excluding carboxylic acids is 2. The monoisotopic (exact) mass is 398 g/mol. The lowest BCUT2D eigenvalue weighted by molar-refractivity contribution is -0.139. The van der Waals surface area contributed by atoms with E-state index in [-0.39, 0.29) is 29.8 Å². The van der Waals surface area contributed by atoms with E-state index in [4.69, 9.17) is 4.74 Å². The van der Waals surface area contributed by atoms with E-state index >= 15 is 0 Å². The molecule has 2 saturated heterocycles. The Bertz CT molecular complexity index is 892. The number of carbonyl (C=O) groups is 2. The molecule has 6 heteroatoms. The van der Waals surface area contributed by atoms with E-state index < -0.39 is 23.0 Å². The Hall–Kier alpha value is -2.21. The van der Waals surface area contributed by atoms with Crippen molar-refractivity contribution in [2.24, 2.45) is 11.8 Å². The number of benzene rings is 1. The number of amides is 2. The molecular formula is C23H27FN2O3. The highest BCUT2D eigenvalue weighted by Crippen LogP contribution is 2.52. The van der Waals surface area contributed by atoms with Crippen molar-refractivity contribution in [3.63, 3.8) is 0 Å². The summed E-state index contributed by atoms with van der Waals surface area (Å²) in [5, 5.41) is 3.25. The number of hydrogen-bond donors (Lipinski definition) is 1. The Morgan fingerprint density at radius 2 is 2.07 bits per heavy atom. The van der Waals surface area contributed by atoms with Gasteiger partial charge in [0.25, 0.3) is 0 Å². The van der Waals surface area contributed by atoms with Crippen molar-refractivity contribution in [3.8, 4) is 0 Å². The van der Waals surface area contributed by atoms with Crippen molar-refractivity contribution in [1.29, 1.82) is 0 Å². The predicted molar refractivity (Wildman–Crippen MR) is 105 cm³/mol. The van der Waals surface area contributed by atoms with Gasteiger partial charge in [-0.25, -0.2) is 4.39 Å². The molecule has 3 aliphatic heterocycles. The number of fused-ring (bicyclic) bond motifs is 1. The fourth-order valence-electron chi connectivity index (χ4n) is 5.83. The van der Waals surface area contributed by atoms with Crippen LogP contribution in [0.3, 0.4) is 0 Å². The van der Waals surface area contributed by atoms with Crippen LogP contribution >= 0.6 is 0 Å². The smallest absolute Gasteiger partial charge is 0.230 e. The first-order chi connectivity index (χ1) is 13.9. The molecule has 0 radical (unpaired) electrons. The van der Waals surface area contributed by atoms with E-state index in [1.807, 2.05) is 37.0 Å². The van der Waals surface area contributed by atoms with Gasteiger partial charge in [0, 0.05) is 6.04 Å². The van der Waals surface area contributed by atoms with Gasteiger partial charge in [0.05, 0.1) is 30.0 Å². The Balaban J connectivity index is 1.45. The van der Waals surface area contributed by atoms with Gasteiger partial charge < -0.3 is 15.0 Å². The molecule has 29 heavy (non-hydrogen) atoms. The maximum Gasteiger partial charge on any atom is 0.230 e. The van der Waals surface area contributed by atoms with Crippen molar-refractivity contribution < 1.29 is 18.7 Å². The Morgan fingerprint density at radius 1 is 1.31 bits per heavy atom. The average Bonchev–Trinajstić information content (AvgIpc) is 3.43. The molecule has 5 rings (SSSR count). The van der Waals surface area contributed by atoms with Crippen LogP contribution in [0.2, 0.25) is 0 Å². The maximum absolute atomic E-state index is 13.9. The lowest BCUT2D eigenvalue weighted by Crippen LogP contribution is -2.51. The number of halogens is 1. The van der Waals surface area contributed by atoms with Crippen LogP contribution in [0.1, 0.15) is 45.1 Å². The third-order valence-corrected chi connectivity index (χ3v) is 7.25. The first-order valence-electron chi connectivity index (χ1n) is 10.6. The molecule has 2 bridgehead atoms. The highest BCUT2D eigenvalue weighted by molar-refractivity contribution is 5.93. The summed E-state index contributed by atoms with van der Waals surface area (Å²) in [6.07, 6.45) is 7.05. The highest BCUT2D eigenvalue weighted by atomic mass is 19.1. The number of hydrogen-bond acceptors (Lipinski definition) is 3. The van der Waals surface area contributed by atoms with E-state index in [1.54, 1.807) is 6.07 Å². The largest absolute Gasteiger partial charge is 0.360 e. The van der Waals surface area contributed by atoms with Crippen molar-refractivity contribution in [2.75, 3.05) is 6.54 Å². The van der Waals surface area contributed by atoms with Gasteiger partial charge in [-0.15, -0.1) is 0 Å². The Kier molecular flexibility index (Phi) is 4.14. The summed E-state index contributed by atoms with van der Waals surface area (Å²) >= 11 is 0. The van der Waals surface area contributed by atoms with Crippen LogP contribution in [0.4, 0.5) is 4.39 Å². The zero-order valence-electron chi connectivity index (χ0n) is 16.9. The molecule has 154 valence electrons. The standard InChI is InChI=1S/C23H27FN2O3/c1-14(2)26-13-23-11-8-17(29-23)18(19(23)21(26)28)20(27)25-22(9-3-4-10-22)15-6-5-7-16(24)12-15/h5-8,11-12,14,17-19H,3-4,9-10,13H2,1-2H3,(H,25,27)/t17-,18+,19+,23-/m1/s1. The summed E-state index contributed by atoms with van der Waals surface area (Å²) in [4.78, 5) is 28.5. The van der Waals surface area contributed by atoms with Gasteiger partial charge in [0.1, 0.15) is 11.4 Å². The van der Waals surface area contributed by atoms with Crippen LogP contribution in [0.5, 0.6) is 0 Å². The van der Waals surface area contributed by atoms with Crippen molar-refractivity contribution in [3.05, 3.63) is 47.8 Å². The first-order valence-corrected chi connectivity index (χ1v) is 10.6. The van der Waals surface area contributed by atoms with Crippen LogP contribution in [0, 0.1) is 17.7 Å². The zero-order chi connectivity index (χ0) is 20.4. The van der Waals surface area contributed by atoms with Gasteiger partial charge in [-0.05, 0) is 44.4 Å². The summed E-state index contributed by atoms with van der Waals surface area (Å²) in [7, 11) is 0. The number of nitrogens with one attached hydrogen (secondary N) is 1. The molecule has 1 aromatic carbocycles. The Labute approximate surface area is 170 Å². The minimum atomic E-state index is -0.685. The van der Waals surface area contributed by atoms with Crippen molar-refractivity contribution in [2.45, 2.75) is 62.8 Å². The molecule has 1 N–H and O–H groups in total. The molecule has 3 heterocycles. The molecule has 5 nitrogen and oxygen atoms in total. The fraction of sp³-hybridized carbons (Fsp3) is 0.565. The van der Waals surface area contributed by atoms with E-state index in [0.717, 1.165) is 31.2 Å². The SMILES string of the molecule is CC(C)N1C[C@@]23C=C[C@@H](O2)[C@H](C(=O)NC2(c4cccc(F)c4)CCCC2)[C@H]3C1=O. The van der Waals surface area contributed by atoms with Gasteiger partial charge in [-0.1, -0.05) is 37.1 Å². The highest BCUT2D eigenvalue weighted by Gasteiger charge is 2.67. The minimum absolute atomic E-state index is 0.00164. The lowest BCUT2D eigenvalue weighted by atomic mass is 9.76. The summed E-state index contributed by atoms with van der Waals surface area (Å²) < 4.78 is 20.1. The Morgan fingerprint density at radius 3 is 2.76 bits per heavy atom. The van der Waals surface area contributed by atoms with Gasteiger partial charge >= 0.3 is 0 Å². The zero-order valence-corrected chi connectivity index (χ0v) is 16.9. The summed E-state index contributed by atoms with van der Waals surface area (Å²) in [5.74, 6) is -1.48. The molecule has 1 saturated carbocycles. The first kappa shape index (κ1) is 18.8. The lowest BCUT2D eigenvalue weighted by Gasteiger charge is -2.34. The van der Waals surface area contributed by atoms with Crippen LogP contribution in [0.25, 0.3) is 0 Å². The van der Waals surface area contributed by atoms with Crippen LogP contribution in [-0.2, 0) is 19.9 Å². The molecule has 1 aromatic rings. The number of ether oxygens (including phenoxy) is 1. The second-order valence-corrected chi connectivity index (χ2v) is 9.25. The normalized spacial score (nSPS) is 34.3. The maximum atomic E-state index is 13.9. The molecule has 1 aliphatic carbocycles. The van der Waals surface area contributed by atoms with E-state index in [0.29, 0.717) is 6.54 Å². The fourth-order valence-corrected chi connectivity index (χ4v) is 5.83. The van der Waals surface area contributed by atoms with Crippen molar-refractivity contribution >= 4 is 11.8 Å². The molecule has 0 aromatic heterocycles. The summed E-state index contributed by atoms with van der Waals surface area (Å²) in [5.41, 5.74) is -0.452. The predicted octanol–water partition coefficient (Wildman–Crippen LogP) is 2.90. The second kappa shape index (κ2) is 6.39. The van der Waals surface area contributed by atoms with E-state index in [9.17, 15) is 14.0 Å². The van der Waals surface area contributed by atoms with Crippen LogP contribution < -0.4 is 5.32 Å². The molecule has 4 aliphatic rings. The van der Waals surface area contributed by atoms with Gasteiger partial charge in [-0.2, -0.15) is 0 Å². The summed E-state index contributed by atoms with van der Waals surface area (Å²) in [6, 6.07) is 6.58. The molecule has 1 spiro atoms. The van der Waals surface area contributed by atoms with E-state index in [1.165, 1.54) is 12.1 Å². The number of likely N-dealkylation sites (tertiary alicyclic amines) is 1. The summed E-state index contributed by atoms with van der Waals surface area (Å²) in [6.45, 7) is 4.47. The van der Waals surface area contributed by atoms with Crippen LogP contribution in [0.15, 0.2) is 36.4 Å². The molecule has 3 fully saturated rings. The topological polar surface area (TPSA) is 58.6 Å². The third-order valence-electron chi connectivity index (χ3n) is 7.25. The van der Waals surface area contributed by atoms with E-state index in [2.05, 4.69) is 5.32 Å².